The van der Waals surface area contributed by atoms with Crippen LogP contribution in [0, 0.1) is 10.1 Å². The highest BCUT2D eigenvalue weighted by molar-refractivity contribution is 5.61. The molecule has 106 valence electrons. The summed E-state index contributed by atoms with van der Waals surface area (Å²) in [6.45, 7) is 0.661. The van der Waals surface area contributed by atoms with E-state index in [1.807, 2.05) is 0 Å². The average molecular weight is 279 g/mol. The number of nitro groups is 1. The predicted octanol–water partition coefficient (Wildman–Crippen LogP) is 2.46. The number of hydrogen-bond donors (Lipinski definition) is 1. The van der Waals surface area contributed by atoms with Gasteiger partial charge in [-0.2, -0.15) is 13.2 Å². The smallest absolute Gasteiger partial charge is 0.385 e. The summed E-state index contributed by atoms with van der Waals surface area (Å²) in [7, 11) is 1.48. The van der Waals surface area contributed by atoms with E-state index in [-0.39, 0.29) is 12.2 Å². The van der Waals surface area contributed by atoms with Crippen LogP contribution >= 0.6 is 0 Å². The number of methoxy groups -OCH3 is 1. The summed E-state index contributed by atoms with van der Waals surface area (Å²) < 4.78 is 42.2. The summed E-state index contributed by atoms with van der Waals surface area (Å²) in [6, 6.07) is 0.630. The lowest BCUT2D eigenvalue weighted by atomic mass is 10.2. The van der Waals surface area contributed by atoms with E-state index in [2.05, 4.69) is 10.3 Å². The molecule has 0 bridgehead atoms. The minimum atomic E-state index is -4.64. The van der Waals surface area contributed by atoms with Gasteiger partial charge in [-0.05, 0) is 12.5 Å². The topological polar surface area (TPSA) is 77.3 Å². The van der Waals surface area contributed by atoms with Gasteiger partial charge in [-0.3, -0.25) is 10.1 Å². The number of aromatic nitrogens is 1. The highest BCUT2D eigenvalue weighted by Gasteiger charge is 2.34. The number of hydrogen-bond acceptors (Lipinski definition) is 5. The fraction of sp³-hybridized carbons (Fsp3) is 0.500. The second-order valence-electron chi connectivity index (χ2n) is 3.61. The molecule has 1 aromatic rings. The number of halogens is 3. The number of alkyl halides is 3. The van der Waals surface area contributed by atoms with Crippen LogP contribution in [0.5, 0.6) is 0 Å². The van der Waals surface area contributed by atoms with Crippen molar-refractivity contribution in [3.05, 3.63) is 28.1 Å². The van der Waals surface area contributed by atoms with Gasteiger partial charge in [-0.25, -0.2) is 4.98 Å². The Balaban J connectivity index is 2.93. The summed E-state index contributed by atoms with van der Waals surface area (Å²) >= 11 is 0. The fourth-order valence-electron chi connectivity index (χ4n) is 1.33. The molecule has 1 N–H and O–H groups in total. The van der Waals surface area contributed by atoms with E-state index < -0.39 is 22.5 Å². The van der Waals surface area contributed by atoms with Gasteiger partial charge in [0.1, 0.15) is 17.6 Å². The van der Waals surface area contributed by atoms with Gasteiger partial charge in [0.15, 0.2) is 0 Å². The summed E-state index contributed by atoms with van der Waals surface area (Å²) in [6.07, 6.45) is -3.53. The zero-order chi connectivity index (χ0) is 14.5. The maximum absolute atomic E-state index is 12.5. The molecular weight excluding hydrogens is 267 g/mol. The van der Waals surface area contributed by atoms with Crippen molar-refractivity contribution in [2.45, 2.75) is 12.6 Å². The summed E-state index contributed by atoms with van der Waals surface area (Å²) in [4.78, 5) is 13.0. The largest absolute Gasteiger partial charge is 0.433 e. The molecule has 1 aromatic heterocycles. The zero-order valence-electron chi connectivity index (χ0n) is 10.0. The molecular formula is C10H12F3N3O3. The molecule has 0 amide bonds. The van der Waals surface area contributed by atoms with Crippen LogP contribution in [-0.4, -0.2) is 30.2 Å². The predicted molar refractivity (Wildman–Crippen MR) is 60.9 cm³/mol. The van der Waals surface area contributed by atoms with Gasteiger partial charge in [0.2, 0.25) is 0 Å². The van der Waals surface area contributed by atoms with Crippen molar-refractivity contribution in [3.63, 3.8) is 0 Å². The van der Waals surface area contributed by atoms with Crippen LogP contribution in [-0.2, 0) is 10.9 Å². The van der Waals surface area contributed by atoms with Crippen LogP contribution in [0.4, 0.5) is 24.5 Å². The minimum absolute atomic E-state index is 0.205. The maximum atomic E-state index is 12.5. The normalized spacial score (nSPS) is 11.4. The number of nitrogens with one attached hydrogen (secondary N) is 1. The number of anilines is 1. The molecule has 6 nitrogen and oxygen atoms in total. The average Bonchev–Trinajstić information content (AvgIpc) is 2.33. The number of rotatable bonds is 6. The van der Waals surface area contributed by atoms with Gasteiger partial charge >= 0.3 is 11.9 Å². The molecule has 0 atom stereocenters. The molecule has 19 heavy (non-hydrogen) atoms. The van der Waals surface area contributed by atoms with Crippen molar-refractivity contribution in [1.82, 2.24) is 4.98 Å². The maximum Gasteiger partial charge on any atom is 0.433 e. The van der Waals surface area contributed by atoms with Gasteiger partial charge in [-0.1, -0.05) is 0 Å². The highest BCUT2D eigenvalue weighted by atomic mass is 19.4. The molecule has 0 spiro atoms. The van der Waals surface area contributed by atoms with Crippen LogP contribution < -0.4 is 5.32 Å². The van der Waals surface area contributed by atoms with Crippen LogP contribution in [0.15, 0.2) is 12.3 Å². The van der Waals surface area contributed by atoms with E-state index in [1.165, 1.54) is 7.11 Å². The summed E-state index contributed by atoms with van der Waals surface area (Å²) in [5.41, 5.74) is -1.87. The van der Waals surface area contributed by atoms with Crippen molar-refractivity contribution < 1.29 is 22.8 Å². The zero-order valence-corrected chi connectivity index (χ0v) is 10.0. The van der Waals surface area contributed by atoms with E-state index >= 15 is 0 Å². The van der Waals surface area contributed by atoms with Crippen molar-refractivity contribution >= 4 is 11.4 Å². The molecule has 1 heterocycles. The Morgan fingerprint density at radius 2 is 2.21 bits per heavy atom. The second-order valence-corrected chi connectivity index (χ2v) is 3.61. The highest BCUT2D eigenvalue weighted by Crippen LogP contribution is 2.32. The molecule has 0 aliphatic heterocycles. The van der Waals surface area contributed by atoms with Gasteiger partial charge in [0, 0.05) is 20.3 Å². The Labute approximate surface area is 106 Å². The number of ether oxygens (including phenoxy) is 1. The molecule has 1 rings (SSSR count). The van der Waals surface area contributed by atoms with E-state index in [0.29, 0.717) is 25.3 Å². The van der Waals surface area contributed by atoms with Gasteiger partial charge in [0.25, 0.3) is 0 Å². The molecule has 0 aliphatic carbocycles. The third-order valence-corrected chi connectivity index (χ3v) is 2.21. The van der Waals surface area contributed by atoms with Gasteiger partial charge < -0.3 is 10.1 Å². The molecule has 9 heteroatoms. The molecule has 0 saturated heterocycles. The van der Waals surface area contributed by atoms with E-state index in [1.54, 1.807) is 0 Å². The van der Waals surface area contributed by atoms with Crippen LogP contribution in [0.2, 0.25) is 0 Å². The fourth-order valence-corrected chi connectivity index (χ4v) is 1.33. The first-order valence-corrected chi connectivity index (χ1v) is 5.30. The Bertz CT molecular complexity index is 451. The molecule has 0 aliphatic rings. The molecule has 0 saturated carbocycles. The Morgan fingerprint density at radius 1 is 1.53 bits per heavy atom. The minimum Gasteiger partial charge on any atom is -0.385 e. The quantitative estimate of drug-likeness (QED) is 0.491. The van der Waals surface area contributed by atoms with Crippen LogP contribution in [0.25, 0.3) is 0 Å². The van der Waals surface area contributed by atoms with E-state index in [0.717, 1.165) is 0 Å². The van der Waals surface area contributed by atoms with Crippen molar-refractivity contribution in [3.8, 4) is 0 Å². The van der Waals surface area contributed by atoms with Gasteiger partial charge in [0.05, 0.1) is 4.92 Å². The first-order chi connectivity index (χ1) is 8.86. The van der Waals surface area contributed by atoms with Crippen LogP contribution in [0.1, 0.15) is 12.1 Å². The Morgan fingerprint density at radius 3 is 2.74 bits per heavy atom. The van der Waals surface area contributed by atoms with Crippen molar-refractivity contribution in [2.75, 3.05) is 25.6 Å². The number of pyridine rings is 1. The summed E-state index contributed by atoms with van der Waals surface area (Å²) in [5.74, 6) is 0. The lowest BCUT2D eigenvalue weighted by Gasteiger charge is -2.10. The lowest BCUT2D eigenvalue weighted by Crippen LogP contribution is -2.12. The van der Waals surface area contributed by atoms with Crippen molar-refractivity contribution in [1.29, 1.82) is 0 Å². The Kier molecular flexibility index (Phi) is 5.04. The molecule has 0 aromatic carbocycles. The standard InChI is InChI=1S/C10H12F3N3O3/c1-19-4-2-3-14-7-5-9(10(11,12)13)15-6-8(7)16(17)18/h5-6H,2-4H2,1H3,(H,14,15). The second kappa shape index (κ2) is 6.32. The van der Waals surface area contributed by atoms with Gasteiger partial charge in [-0.15, -0.1) is 0 Å². The third kappa shape index (κ3) is 4.36. The van der Waals surface area contributed by atoms with Crippen LogP contribution in [0.3, 0.4) is 0 Å². The van der Waals surface area contributed by atoms with Crippen molar-refractivity contribution in [2.24, 2.45) is 0 Å². The Hall–Kier alpha value is -1.90. The summed E-state index contributed by atoms with van der Waals surface area (Å²) in [5, 5.41) is 13.3. The third-order valence-electron chi connectivity index (χ3n) is 2.21. The molecule has 0 unspecified atom stereocenters. The molecule has 0 fully saturated rings. The first-order valence-electron chi connectivity index (χ1n) is 5.30. The number of nitrogens with zero attached hydrogens (tertiary/aromatic N) is 2. The monoisotopic (exact) mass is 279 g/mol. The first kappa shape index (κ1) is 15.2. The van der Waals surface area contributed by atoms with E-state index in [9.17, 15) is 23.3 Å². The van der Waals surface area contributed by atoms with E-state index in [4.69, 9.17) is 4.74 Å². The SMILES string of the molecule is COCCCNc1cc(C(F)(F)F)ncc1[N+](=O)[O-]. The molecule has 0 radical (unpaired) electrons. The lowest BCUT2D eigenvalue weighted by molar-refractivity contribution is -0.384.